The zero-order valence-corrected chi connectivity index (χ0v) is 14.5. The second-order valence-corrected chi connectivity index (χ2v) is 6.11. The van der Waals surface area contributed by atoms with Crippen LogP contribution in [0.3, 0.4) is 0 Å². The summed E-state index contributed by atoms with van der Waals surface area (Å²) in [6.45, 7) is 2.49. The van der Waals surface area contributed by atoms with E-state index in [4.69, 9.17) is 4.74 Å². The van der Waals surface area contributed by atoms with Crippen molar-refractivity contribution in [3.05, 3.63) is 63.8 Å². The summed E-state index contributed by atoms with van der Waals surface area (Å²) in [6.07, 6.45) is 5.55. The molecule has 2 aromatic heterocycles. The third-order valence-corrected chi connectivity index (χ3v) is 3.89. The molecule has 0 bridgehead atoms. The quantitative estimate of drug-likeness (QED) is 0.683. The molecule has 23 heavy (non-hydrogen) atoms. The fourth-order valence-electron chi connectivity index (χ4n) is 2.37. The van der Waals surface area contributed by atoms with E-state index in [1.165, 1.54) is 0 Å². The molecule has 4 nitrogen and oxygen atoms in total. The number of benzene rings is 1. The summed E-state index contributed by atoms with van der Waals surface area (Å²) in [4.78, 5) is 13.3. The first-order valence-electron chi connectivity index (χ1n) is 7.21. The first-order chi connectivity index (χ1) is 11.2. The third kappa shape index (κ3) is 3.81. The molecule has 0 atom stereocenters. The maximum Gasteiger partial charge on any atom is 0.152 e. The van der Waals surface area contributed by atoms with Crippen LogP contribution >= 0.6 is 15.9 Å². The van der Waals surface area contributed by atoms with E-state index in [1.807, 2.05) is 43.3 Å². The van der Waals surface area contributed by atoms with E-state index in [0.717, 1.165) is 32.3 Å². The highest BCUT2D eigenvalue weighted by molar-refractivity contribution is 9.10. The Hall–Kier alpha value is -2.11. The zero-order chi connectivity index (χ0) is 16.2. The summed E-state index contributed by atoms with van der Waals surface area (Å²) >= 11 is 3.49. The molecule has 0 spiro atoms. The van der Waals surface area contributed by atoms with Gasteiger partial charge in [0.15, 0.2) is 5.82 Å². The van der Waals surface area contributed by atoms with E-state index in [0.29, 0.717) is 12.4 Å². The molecule has 0 aliphatic heterocycles. The molecule has 0 saturated heterocycles. The van der Waals surface area contributed by atoms with Gasteiger partial charge in [-0.2, -0.15) is 0 Å². The van der Waals surface area contributed by atoms with Crippen molar-refractivity contribution >= 4 is 39.0 Å². The van der Waals surface area contributed by atoms with Crippen LogP contribution in [0.1, 0.15) is 22.8 Å². The number of nitrogens with zero attached hydrogens (tertiary/aromatic N) is 3. The van der Waals surface area contributed by atoms with E-state index in [2.05, 4.69) is 36.9 Å². The van der Waals surface area contributed by atoms with Crippen LogP contribution in [-0.4, -0.2) is 22.1 Å². The lowest BCUT2D eigenvalue weighted by Crippen LogP contribution is -1.94. The fourth-order valence-corrected chi connectivity index (χ4v) is 2.71. The highest BCUT2D eigenvalue weighted by atomic mass is 79.9. The minimum absolute atomic E-state index is 0.544. The molecule has 2 heterocycles. The molecule has 5 heteroatoms. The largest absolute Gasteiger partial charge is 0.380 e. The summed E-state index contributed by atoms with van der Waals surface area (Å²) in [7, 11) is 1.70. The fraction of sp³-hybridized carbons (Fsp3) is 0.167. The van der Waals surface area contributed by atoms with Gasteiger partial charge in [0.05, 0.1) is 17.8 Å². The molecule has 0 N–H and O–H groups in total. The van der Waals surface area contributed by atoms with Gasteiger partial charge >= 0.3 is 0 Å². The van der Waals surface area contributed by atoms with Crippen LogP contribution in [0.25, 0.3) is 23.1 Å². The van der Waals surface area contributed by atoms with E-state index in [9.17, 15) is 0 Å². The molecular formula is C18H16BrN3O. The SMILES string of the molecule is COCc1cc(C=Cc2nccc(C)n2)nc2cc(Br)ccc12. The van der Waals surface area contributed by atoms with Crippen LogP contribution in [0.15, 0.2) is 41.0 Å². The van der Waals surface area contributed by atoms with Gasteiger partial charge in [0.2, 0.25) is 0 Å². The molecule has 0 fully saturated rings. The van der Waals surface area contributed by atoms with Crippen LogP contribution in [0.4, 0.5) is 0 Å². The Morgan fingerprint density at radius 3 is 2.78 bits per heavy atom. The van der Waals surface area contributed by atoms with Crippen molar-refractivity contribution in [3.63, 3.8) is 0 Å². The number of methoxy groups -OCH3 is 1. The van der Waals surface area contributed by atoms with Crippen molar-refractivity contribution in [2.24, 2.45) is 0 Å². The summed E-state index contributed by atoms with van der Waals surface area (Å²) in [5.41, 5.74) is 3.83. The second-order valence-electron chi connectivity index (χ2n) is 5.19. The number of fused-ring (bicyclic) bond motifs is 1. The number of aryl methyl sites for hydroxylation is 1. The molecule has 0 unspecified atom stereocenters. The lowest BCUT2D eigenvalue weighted by atomic mass is 10.1. The molecule has 0 aliphatic rings. The number of halogens is 1. The molecule has 0 saturated carbocycles. The van der Waals surface area contributed by atoms with Crippen LogP contribution in [-0.2, 0) is 11.3 Å². The monoisotopic (exact) mass is 369 g/mol. The minimum atomic E-state index is 0.544. The van der Waals surface area contributed by atoms with Gasteiger partial charge in [0.25, 0.3) is 0 Å². The van der Waals surface area contributed by atoms with Gasteiger partial charge in [-0.3, -0.25) is 0 Å². The highest BCUT2D eigenvalue weighted by Crippen LogP contribution is 2.23. The molecule has 1 aromatic carbocycles. The van der Waals surface area contributed by atoms with E-state index in [1.54, 1.807) is 13.3 Å². The summed E-state index contributed by atoms with van der Waals surface area (Å²) < 4.78 is 6.32. The topological polar surface area (TPSA) is 47.9 Å². The van der Waals surface area contributed by atoms with Gasteiger partial charge in [-0.05, 0) is 48.9 Å². The summed E-state index contributed by atoms with van der Waals surface area (Å²) in [5.74, 6) is 0.675. The minimum Gasteiger partial charge on any atom is -0.380 e. The zero-order valence-electron chi connectivity index (χ0n) is 13.0. The Morgan fingerprint density at radius 2 is 2.00 bits per heavy atom. The number of hydrogen-bond donors (Lipinski definition) is 0. The smallest absolute Gasteiger partial charge is 0.152 e. The highest BCUT2D eigenvalue weighted by Gasteiger charge is 2.05. The van der Waals surface area contributed by atoms with Crippen LogP contribution < -0.4 is 0 Å². The summed E-state index contributed by atoms with van der Waals surface area (Å²) in [6, 6.07) is 9.98. The number of pyridine rings is 1. The van der Waals surface area contributed by atoms with Gasteiger partial charge < -0.3 is 4.74 Å². The summed E-state index contributed by atoms with van der Waals surface area (Å²) in [5, 5.41) is 1.10. The van der Waals surface area contributed by atoms with Gasteiger partial charge in [-0.1, -0.05) is 22.0 Å². The second kappa shape index (κ2) is 6.98. The van der Waals surface area contributed by atoms with Crippen LogP contribution in [0.5, 0.6) is 0 Å². The average Bonchev–Trinajstić information content (AvgIpc) is 2.53. The van der Waals surface area contributed by atoms with Gasteiger partial charge in [-0.25, -0.2) is 15.0 Å². The Bertz CT molecular complexity index is 877. The molecule has 3 rings (SSSR count). The number of hydrogen-bond acceptors (Lipinski definition) is 4. The van der Waals surface area contributed by atoms with Crippen molar-refractivity contribution in [1.82, 2.24) is 15.0 Å². The van der Waals surface area contributed by atoms with Crippen molar-refractivity contribution < 1.29 is 4.74 Å². The van der Waals surface area contributed by atoms with Crippen molar-refractivity contribution in [1.29, 1.82) is 0 Å². The third-order valence-electron chi connectivity index (χ3n) is 3.39. The van der Waals surface area contributed by atoms with E-state index >= 15 is 0 Å². The standard InChI is InChI=1S/C18H16BrN3O/c1-12-7-8-20-18(21-12)6-4-15-9-13(11-23-2)16-5-3-14(19)10-17(16)22-15/h3-10H,11H2,1-2H3. The first-order valence-corrected chi connectivity index (χ1v) is 8.01. The van der Waals surface area contributed by atoms with E-state index < -0.39 is 0 Å². The Kier molecular flexibility index (Phi) is 4.79. The Labute approximate surface area is 143 Å². The van der Waals surface area contributed by atoms with Crippen molar-refractivity contribution in [3.8, 4) is 0 Å². The number of ether oxygens (including phenoxy) is 1. The molecule has 116 valence electrons. The molecule has 0 radical (unpaired) electrons. The average molecular weight is 370 g/mol. The van der Waals surface area contributed by atoms with Crippen LogP contribution in [0.2, 0.25) is 0 Å². The lowest BCUT2D eigenvalue weighted by molar-refractivity contribution is 0.186. The number of rotatable bonds is 4. The predicted octanol–water partition coefficient (Wildman–Crippen LogP) is 4.41. The van der Waals surface area contributed by atoms with Crippen molar-refractivity contribution in [2.75, 3.05) is 7.11 Å². The molecular weight excluding hydrogens is 354 g/mol. The Morgan fingerprint density at radius 1 is 1.13 bits per heavy atom. The Balaban J connectivity index is 2.03. The number of aromatic nitrogens is 3. The molecule has 0 amide bonds. The maximum absolute atomic E-state index is 5.31. The van der Waals surface area contributed by atoms with Gasteiger partial charge in [-0.15, -0.1) is 0 Å². The normalized spacial score (nSPS) is 11.4. The van der Waals surface area contributed by atoms with Crippen LogP contribution in [0, 0.1) is 6.92 Å². The predicted molar refractivity (Wildman–Crippen MR) is 95.9 cm³/mol. The lowest BCUT2D eigenvalue weighted by Gasteiger charge is -2.07. The first kappa shape index (κ1) is 15.8. The molecule has 0 aliphatic carbocycles. The van der Waals surface area contributed by atoms with Gasteiger partial charge in [0, 0.05) is 28.9 Å². The van der Waals surface area contributed by atoms with E-state index in [-0.39, 0.29) is 0 Å². The molecule has 3 aromatic rings. The van der Waals surface area contributed by atoms with Crippen molar-refractivity contribution in [2.45, 2.75) is 13.5 Å². The maximum atomic E-state index is 5.31. The van der Waals surface area contributed by atoms with Gasteiger partial charge in [0.1, 0.15) is 0 Å².